The Morgan fingerprint density at radius 3 is 2.46 bits per heavy atom. The predicted molar refractivity (Wildman–Crippen MR) is 142 cm³/mol. The van der Waals surface area contributed by atoms with Crippen LogP contribution in [0.2, 0.25) is 0 Å². The summed E-state index contributed by atoms with van der Waals surface area (Å²) in [5.41, 5.74) is 10.1. The molecule has 5 rings (SSSR count). The van der Waals surface area contributed by atoms with Gasteiger partial charge in [-0.15, -0.1) is 0 Å². The SMILES string of the molecule is C=Nn1cc(-c2[nH]c3ccc(C4CCC(NC5COC5)CC4)nc3c2C(C)C)c(C)c(C)c1=NC. The van der Waals surface area contributed by atoms with E-state index in [-0.39, 0.29) is 0 Å². The Kier molecular flexibility index (Phi) is 6.64. The van der Waals surface area contributed by atoms with Crippen molar-refractivity contribution in [3.63, 3.8) is 0 Å². The van der Waals surface area contributed by atoms with E-state index in [1.807, 2.05) is 6.20 Å². The molecule has 4 heterocycles. The fourth-order valence-corrected chi connectivity index (χ4v) is 5.78. The molecule has 35 heavy (non-hydrogen) atoms. The van der Waals surface area contributed by atoms with Gasteiger partial charge in [0.1, 0.15) is 0 Å². The molecule has 0 unspecified atom stereocenters. The molecule has 0 atom stereocenters. The van der Waals surface area contributed by atoms with Gasteiger partial charge >= 0.3 is 0 Å². The van der Waals surface area contributed by atoms with E-state index < -0.39 is 0 Å². The number of aromatic nitrogens is 3. The maximum absolute atomic E-state index is 5.32. The number of pyridine rings is 2. The molecule has 3 aromatic rings. The topological polar surface area (TPSA) is 79.6 Å². The first-order valence-corrected chi connectivity index (χ1v) is 12.9. The van der Waals surface area contributed by atoms with E-state index in [1.165, 1.54) is 42.5 Å². The van der Waals surface area contributed by atoms with E-state index in [0.717, 1.165) is 46.6 Å². The lowest BCUT2D eigenvalue weighted by molar-refractivity contribution is -0.0121. The monoisotopic (exact) mass is 474 g/mol. The van der Waals surface area contributed by atoms with Gasteiger partial charge in [-0.1, -0.05) is 13.8 Å². The Balaban J connectivity index is 1.51. The van der Waals surface area contributed by atoms with Crippen molar-refractivity contribution in [1.82, 2.24) is 20.0 Å². The van der Waals surface area contributed by atoms with Crippen LogP contribution in [0.25, 0.3) is 22.3 Å². The van der Waals surface area contributed by atoms with E-state index >= 15 is 0 Å². The molecule has 7 heteroatoms. The minimum absolute atomic E-state index is 0.325. The quantitative estimate of drug-likeness (QED) is 0.505. The van der Waals surface area contributed by atoms with Crippen molar-refractivity contribution in [3.8, 4) is 11.3 Å². The van der Waals surface area contributed by atoms with Gasteiger partial charge in [0.2, 0.25) is 0 Å². The Labute approximate surface area is 207 Å². The molecule has 1 saturated carbocycles. The second-order valence-corrected chi connectivity index (χ2v) is 10.5. The van der Waals surface area contributed by atoms with Gasteiger partial charge in [0.25, 0.3) is 0 Å². The van der Waals surface area contributed by atoms with Crippen LogP contribution in [0.15, 0.2) is 28.4 Å². The summed E-state index contributed by atoms with van der Waals surface area (Å²) in [4.78, 5) is 13.4. The fourth-order valence-electron chi connectivity index (χ4n) is 5.78. The lowest BCUT2D eigenvalue weighted by Crippen LogP contribution is -2.51. The van der Waals surface area contributed by atoms with Gasteiger partial charge in [0, 0.05) is 48.7 Å². The largest absolute Gasteiger partial charge is 0.378 e. The molecular formula is C28H38N6O. The molecule has 0 spiro atoms. The maximum atomic E-state index is 5.32. The summed E-state index contributed by atoms with van der Waals surface area (Å²) in [7, 11) is 1.79. The van der Waals surface area contributed by atoms with E-state index in [4.69, 9.17) is 9.72 Å². The average Bonchev–Trinajstić information content (AvgIpc) is 3.22. The molecule has 0 aromatic carbocycles. The van der Waals surface area contributed by atoms with E-state index in [2.05, 4.69) is 66.9 Å². The van der Waals surface area contributed by atoms with E-state index in [1.54, 1.807) is 11.7 Å². The zero-order chi connectivity index (χ0) is 24.7. The van der Waals surface area contributed by atoms with Crippen LogP contribution in [0.1, 0.15) is 73.8 Å². The molecule has 1 aliphatic carbocycles. The van der Waals surface area contributed by atoms with Crippen molar-refractivity contribution in [3.05, 3.63) is 46.2 Å². The van der Waals surface area contributed by atoms with Crippen LogP contribution in [-0.2, 0) is 4.74 Å². The maximum Gasteiger partial charge on any atom is 0.151 e. The summed E-state index contributed by atoms with van der Waals surface area (Å²) in [6.07, 6.45) is 6.82. The Bertz CT molecular complexity index is 1310. The summed E-state index contributed by atoms with van der Waals surface area (Å²) < 4.78 is 7.09. The average molecular weight is 475 g/mol. The standard InChI is InChI=1S/C28H38N6O/c1-16(2)25-26(22-13-34(30-6)28(29-5)18(4)17(22)3)33-24-12-11-23(32-27(24)25)19-7-9-20(10-8-19)31-21-14-35-15-21/h11-13,16,19-21,31,33H,6-10,14-15H2,1-5H3. The highest BCUT2D eigenvalue weighted by Crippen LogP contribution is 2.38. The number of hydrogen-bond donors (Lipinski definition) is 2. The molecule has 3 aromatic heterocycles. The van der Waals surface area contributed by atoms with Gasteiger partial charge in [0.05, 0.1) is 36.0 Å². The van der Waals surface area contributed by atoms with Crippen LogP contribution >= 0.6 is 0 Å². The number of ether oxygens (including phenoxy) is 1. The summed E-state index contributed by atoms with van der Waals surface area (Å²) in [5.74, 6) is 0.849. The van der Waals surface area contributed by atoms with Gasteiger partial charge in [-0.3, -0.25) is 9.98 Å². The molecular weight excluding hydrogens is 436 g/mol. The molecule has 0 radical (unpaired) electrons. The third-order valence-corrected chi connectivity index (χ3v) is 7.94. The molecule has 0 bridgehead atoms. The molecule has 186 valence electrons. The number of H-pyrrole nitrogens is 1. The summed E-state index contributed by atoms with van der Waals surface area (Å²) in [6.45, 7) is 14.2. The number of nitrogens with one attached hydrogen (secondary N) is 2. The first-order chi connectivity index (χ1) is 16.9. The lowest BCUT2D eigenvalue weighted by Gasteiger charge is -2.35. The number of hydrogen-bond acceptors (Lipinski definition) is 5. The van der Waals surface area contributed by atoms with Gasteiger partial charge in [-0.05, 0) is 68.7 Å². The molecule has 1 aliphatic heterocycles. The Morgan fingerprint density at radius 2 is 1.86 bits per heavy atom. The normalized spacial score (nSPS) is 21.6. The van der Waals surface area contributed by atoms with Gasteiger partial charge in [-0.2, -0.15) is 5.10 Å². The lowest BCUT2D eigenvalue weighted by atomic mass is 9.83. The van der Waals surface area contributed by atoms with Crippen LogP contribution in [0, 0.1) is 13.8 Å². The second kappa shape index (κ2) is 9.70. The number of rotatable bonds is 6. The van der Waals surface area contributed by atoms with Crippen molar-refractivity contribution in [2.24, 2.45) is 10.1 Å². The highest BCUT2D eigenvalue weighted by molar-refractivity contribution is 5.89. The third-order valence-electron chi connectivity index (χ3n) is 7.94. The highest BCUT2D eigenvalue weighted by atomic mass is 16.5. The zero-order valence-electron chi connectivity index (χ0n) is 21.7. The summed E-state index contributed by atoms with van der Waals surface area (Å²) in [6, 6.07) is 5.62. The minimum Gasteiger partial charge on any atom is -0.378 e. The smallest absolute Gasteiger partial charge is 0.151 e. The second-order valence-electron chi connectivity index (χ2n) is 10.5. The van der Waals surface area contributed by atoms with Crippen LogP contribution in [0.4, 0.5) is 0 Å². The van der Waals surface area contributed by atoms with Crippen LogP contribution in [0.3, 0.4) is 0 Å². The van der Waals surface area contributed by atoms with Gasteiger partial charge in [-0.25, -0.2) is 4.68 Å². The number of fused-ring (bicyclic) bond motifs is 1. The van der Waals surface area contributed by atoms with Crippen molar-refractivity contribution in [1.29, 1.82) is 0 Å². The molecule has 0 amide bonds. The third kappa shape index (κ3) is 4.36. The molecule has 2 aliphatic rings. The zero-order valence-corrected chi connectivity index (χ0v) is 21.7. The molecule has 1 saturated heterocycles. The van der Waals surface area contributed by atoms with Crippen molar-refractivity contribution in [2.45, 2.75) is 77.3 Å². The van der Waals surface area contributed by atoms with Crippen molar-refractivity contribution >= 4 is 17.8 Å². The predicted octanol–water partition coefficient (Wildman–Crippen LogP) is 4.78. The summed E-state index contributed by atoms with van der Waals surface area (Å²) >= 11 is 0. The summed E-state index contributed by atoms with van der Waals surface area (Å²) in [5, 5.41) is 7.96. The molecule has 2 N–H and O–H groups in total. The van der Waals surface area contributed by atoms with Gasteiger partial charge < -0.3 is 15.0 Å². The molecule has 2 fully saturated rings. The fraction of sp³-hybridized carbons (Fsp3) is 0.536. The van der Waals surface area contributed by atoms with Crippen LogP contribution < -0.4 is 10.8 Å². The molecule has 7 nitrogen and oxygen atoms in total. The minimum atomic E-state index is 0.325. The first kappa shape index (κ1) is 23.9. The first-order valence-electron chi connectivity index (χ1n) is 12.9. The van der Waals surface area contributed by atoms with E-state index in [0.29, 0.717) is 23.9 Å². The van der Waals surface area contributed by atoms with Crippen LogP contribution in [-0.4, -0.2) is 53.7 Å². The highest BCUT2D eigenvalue weighted by Gasteiger charge is 2.28. The van der Waals surface area contributed by atoms with Gasteiger partial charge in [0.15, 0.2) is 5.49 Å². The number of nitrogens with zero attached hydrogens (tertiary/aromatic N) is 4. The Hall–Kier alpha value is -2.77. The van der Waals surface area contributed by atoms with Crippen molar-refractivity contribution in [2.75, 3.05) is 20.3 Å². The Morgan fingerprint density at radius 1 is 1.11 bits per heavy atom. The number of aromatic amines is 1. The van der Waals surface area contributed by atoms with Crippen molar-refractivity contribution < 1.29 is 4.74 Å². The van der Waals surface area contributed by atoms with E-state index in [9.17, 15) is 0 Å². The van der Waals surface area contributed by atoms with Crippen LogP contribution in [0.5, 0.6) is 0 Å².